The second kappa shape index (κ2) is 4.30. The van der Waals surface area contributed by atoms with Crippen molar-refractivity contribution in [3.05, 3.63) is 35.6 Å². The second-order valence-corrected chi connectivity index (χ2v) is 5.57. The van der Waals surface area contributed by atoms with Crippen LogP contribution >= 0.6 is 0 Å². The van der Waals surface area contributed by atoms with Crippen LogP contribution in [-0.4, -0.2) is 34.1 Å². The van der Waals surface area contributed by atoms with Gasteiger partial charge in [0, 0.05) is 12.8 Å². The molecular weight excluding hydrogens is 245 g/mol. The van der Waals surface area contributed by atoms with Crippen molar-refractivity contribution < 1.29 is 14.3 Å². The standard InChI is InChI=1S/C15H18FNO2/c1-10(19)17-14(9-18)15(17)8-2-3-13(15)11-4-6-12(16)7-5-11/h4-7,13-14,18H,2-3,8-9H2,1H3/t13?,14-,15?,17?/m1/s1. The molecule has 19 heavy (non-hydrogen) atoms. The molecular formula is C15H18FNO2. The highest BCUT2D eigenvalue weighted by Crippen LogP contribution is 2.59. The molecule has 1 saturated heterocycles. The van der Waals surface area contributed by atoms with Gasteiger partial charge in [-0.05, 0) is 30.5 Å². The lowest BCUT2D eigenvalue weighted by molar-refractivity contribution is -0.125. The van der Waals surface area contributed by atoms with E-state index in [4.69, 9.17) is 0 Å². The topological polar surface area (TPSA) is 40.3 Å². The minimum absolute atomic E-state index is 0.0112. The van der Waals surface area contributed by atoms with Crippen molar-refractivity contribution in [3.63, 3.8) is 0 Å². The Labute approximate surface area is 112 Å². The molecule has 102 valence electrons. The molecule has 3 atom stereocenters. The van der Waals surface area contributed by atoms with E-state index in [0.717, 1.165) is 24.8 Å². The number of aliphatic hydroxyl groups is 1. The Morgan fingerprint density at radius 1 is 1.47 bits per heavy atom. The summed E-state index contributed by atoms with van der Waals surface area (Å²) in [5.74, 6) is -0.00376. The lowest BCUT2D eigenvalue weighted by atomic mass is 9.86. The van der Waals surface area contributed by atoms with Gasteiger partial charge in [-0.25, -0.2) is 4.39 Å². The van der Waals surface area contributed by atoms with Crippen molar-refractivity contribution in [3.8, 4) is 0 Å². The largest absolute Gasteiger partial charge is 0.394 e. The van der Waals surface area contributed by atoms with Gasteiger partial charge in [0.1, 0.15) is 5.82 Å². The van der Waals surface area contributed by atoms with Crippen LogP contribution in [0.5, 0.6) is 0 Å². The maximum atomic E-state index is 13.0. The van der Waals surface area contributed by atoms with Crippen LogP contribution in [0.1, 0.15) is 37.7 Å². The van der Waals surface area contributed by atoms with Gasteiger partial charge in [-0.1, -0.05) is 18.6 Å². The Kier molecular flexibility index (Phi) is 2.86. The SMILES string of the molecule is CC(=O)N1[C@H](CO)C12CCCC2c1ccc(F)cc1. The molecule has 2 aliphatic rings. The van der Waals surface area contributed by atoms with Crippen LogP contribution in [0, 0.1) is 5.82 Å². The summed E-state index contributed by atoms with van der Waals surface area (Å²) in [6.07, 6.45) is 2.97. The van der Waals surface area contributed by atoms with Crippen LogP contribution in [0.25, 0.3) is 0 Å². The number of halogens is 1. The van der Waals surface area contributed by atoms with E-state index in [1.807, 2.05) is 4.90 Å². The molecule has 4 heteroatoms. The Hall–Kier alpha value is -1.42. The minimum Gasteiger partial charge on any atom is -0.394 e. The number of aliphatic hydroxyl groups excluding tert-OH is 1. The monoisotopic (exact) mass is 263 g/mol. The van der Waals surface area contributed by atoms with E-state index >= 15 is 0 Å². The molecule has 1 aliphatic carbocycles. The molecule has 3 rings (SSSR count). The normalized spacial score (nSPS) is 32.9. The lowest BCUT2D eigenvalue weighted by Crippen LogP contribution is -2.25. The first-order chi connectivity index (χ1) is 9.11. The smallest absolute Gasteiger partial charge is 0.220 e. The third kappa shape index (κ3) is 1.70. The summed E-state index contributed by atoms with van der Waals surface area (Å²) in [5.41, 5.74) is 0.847. The summed E-state index contributed by atoms with van der Waals surface area (Å²) in [6, 6.07) is 6.48. The molecule has 0 aromatic heterocycles. The van der Waals surface area contributed by atoms with Crippen molar-refractivity contribution in [1.29, 1.82) is 0 Å². The van der Waals surface area contributed by atoms with E-state index in [9.17, 15) is 14.3 Å². The number of rotatable bonds is 2. The summed E-state index contributed by atoms with van der Waals surface area (Å²) < 4.78 is 13.0. The molecule has 1 spiro atoms. The highest BCUT2D eigenvalue weighted by Gasteiger charge is 2.68. The average Bonchev–Trinajstić information content (AvgIpc) is 2.84. The lowest BCUT2D eigenvalue weighted by Gasteiger charge is -2.20. The molecule has 2 fully saturated rings. The molecule has 0 bridgehead atoms. The quantitative estimate of drug-likeness (QED) is 0.830. The zero-order valence-electron chi connectivity index (χ0n) is 11.0. The maximum Gasteiger partial charge on any atom is 0.220 e. The van der Waals surface area contributed by atoms with Crippen LogP contribution in [-0.2, 0) is 4.79 Å². The van der Waals surface area contributed by atoms with Crippen LogP contribution in [0.4, 0.5) is 4.39 Å². The molecule has 2 unspecified atom stereocenters. The van der Waals surface area contributed by atoms with Crippen molar-refractivity contribution in [1.82, 2.24) is 4.90 Å². The summed E-state index contributed by atoms with van der Waals surface area (Å²) in [7, 11) is 0. The van der Waals surface area contributed by atoms with E-state index in [2.05, 4.69) is 0 Å². The van der Waals surface area contributed by atoms with Gasteiger partial charge >= 0.3 is 0 Å². The number of amides is 1. The number of benzene rings is 1. The van der Waals surface area contributed by atoms with E-state index in [1.165, 1.54) is 12.1 Å². The predicted octanol–water partition coefficient (Wildman–Crippen LogP) is 2.05. The van der Waals surface area contributed by atoms with Crippen molar-refractivity contribution in [2.75, 3.05) is 6.61 Å². The molecule has 1 aromatic rings. The molecule has 1 aromatic carbocycles. The fourth-order valence-corrected chi connectivity index (χ4v) is 4.01. The predicted molar refractivity (Wildman–Crippen MR) is 69.1 cm³/mol. The number of hydrogen-bond acceptors (Lipinski definition) is 2. The summed E-state index contributed by atoms with van der Waals surface area (Å²) >= 11 is 0. The molecule has 0 radical (unpaired) electrons. The van der Waals surface area contributed by atoms with Gasteiger partial charge < -0.3 is 10.0 Å². The van der Waals surface area contributed by atoms with Gasteiger partial charge in [-0.3, -0.25) is 4.79 Å². The van der Waals surface area contributed by atoms with Gasteiger partial charge in [0.15, 0.2) is 0 Å². The third-order valence-corrected chi connectivity index (χ3v) is 4.73. The number of nitrogens with zero attached hydrogens (tertiary/aromatic N) is 1. The Morgan fingerprint density at radius 3 is 2.68 bits per heavy atom. The highest BCUT2D eigenvalue weighted by molar-refractivity contribution is 5.79. The van der Waals surface area contributed by atoms with E-state index in [0.29, 0.717) is 0 Å². The van der Waals surface area contributed by atoms with Crippen LogP contribution in [0.2, 0.25) is 0 Å². The van der Waals surface area contributed by atoms with Gasteiger partial charge in [-0.2, -0.15) is 0 Å². The number of hydrogen-bond donors (Lipinski definition) is 1. The summed E-state index contributed by atoms with van der Waals surface area (Å²) in [5, 5.41) is 9.51. The van der Waals surface area contributed by atoms with Crippen molar-refractivity contribution in [2.45, 2.75) is 43.7 Å². The van der Waals surface area contributed by atoms with Gasteiger partial charge in [0.2, 0.25) is 5.91 Å². The highest BCUT2D eigenvalue weighted by atomic mass is 19.1. The van der Waals surface area contributed by atoms with E-state index < -0.39 is 0 Å². The van der Waals surface area contributed by atoms with Gasteiger partial charge in [0.25, 0.3) is 0 Å². The Balaban J connectivity index is 1.94. The number of carbonyl (C=O) groups excluding carboxylic acids is 1. The van der Waals surface area contributed by atoms with Crippen LogP contribution < -0.4 is 0 Å². The van der Waals surface area contributed by atoms with Gasteiger partial charge in [-0.15, -0.1) is 0 Å². The number of carbonyl (C=O) groups is 1. The van der Waals surface area contributed by atoms with Crippen molar-refractivity contribution >= 4 is 5.91 Å². The van der Waals surface area contributed by atoms with E-state index in [-0.39, 0.29) is 35.8 Å². The van der Waals surface area contributed by atoms with Crippen LogP contribution in [0.15, 0.2) is 24.3 Å². The first-order valence-electron chi connectivity index (χ1n) is 6.77. The zero-order valence-corrected chi connectivity index (χ0v) is 11.0. The summed E-state index contributed by atoms with van der Waals surface area (Å²) in [6.45, 7) is 1.56. The average molecular weight is 263 g/mol. The van der Waals surface area contributed by atoms with E-state index in [1.54, 1.807) is 19.1 Å². The first-order valence-corrected chi connectivity index (χ1v) is 6.77. The fraction of sp³-hybridized carbons (Fsp3) is 0.533. The summed E-state index contributed by atoms with van der Waals surface area (Å²) in [4.78, 5) is 13.5. The molecule has 1 amide bonds. The maximum absolute atomic E-state index is 13.0. The third-order valence-electron chi connectivity index (χ3n) is 4.73. The Bertz CT molecular complexity index is 501. The van der Waals surface area contributed by atoms with Crippen molar-refractivity contribution in [2.24, 2.45) is 0 Å². The van der Waals surface area contributed by atoms with Gasteiger partial charge in [0.05, 0.1) is 18.2 Å². The van der Waals surface area contributed by atoms with Crippen LogP contribution in [0.3, 0.4) is 0 Å². The molecule has 3 nitrogen and oxygen atoms in total. The molecule has 1 aliphatic heterocycles. The Morgan fingerprint density at radius 2 is 2.16 bits per heavy atom. The molecule has 1 N–H and O–H groups in total. The minimum atomic E-state index is -0.242. The second-order valence-electron chi connectivity index (χ2n) is 5.57. The zero-order chi connectivity index (χ0) is 13.6. The molecule has 1 saturated carbocycles. The first kappa shape index (κ1) is 12.6. The molecule has 1 heterocycles. The fourth-order valence-electron chi connectivity index (χ4n) is 4.01.